The number of para-hydroxylation sites is 1. The molecule has 0 atom stereocenters. The summed E-state index contributed by atoms with van der Waals surface area (Å²) in [4.78, 5) is 12.5. The number of aromatic nitrogens is 3. The van der Waals surface area contributed by atoms with Gasteiger partial charge in [0.05, 0.1) is 26.8 Å². The highest BCUT2D eigenvalue weighted by Gasteiger charge is 2.26. The second-order valence-electron chi connectivity index (χ2n) is 14.1. The number of nitrogens with zero attached hydrogens (tertiary/aromatic N) is 3. The van der Waals surface area contributed by atoms with Crippen molar-refractivity contribution in [1.82, 2.24) is 14.5 Å². The lowest BCUT2D eigenvalue weighted by Gasteiger charge is -2.16. The first-order chi connectivity index (χ1) is 27.2. The summed E-state index contributed by atoms with van der Waals surface area (Å²) in [6, 6.07) is 58.4. The highest BCUT2D eigenvalue weighted by atomic mass is 32.1. The summed E-state index contributed by atoms with van der Waals surface area (Å²) in [5.41, 5.74) is 11.8. The van der Waals surface area contributed by atoms with Crippen LogP contribution in [0.15, 0.2) is 170 Å². The van der Waals surface area contributed by atoms with Crippen molar-refractivity contribution in [1.29, 1.82) is 0 Å². The maximum Gasteiger partial charge on any atom is 0.165 e. The van der Waals surface area contributed by atoms with Gasteiger partial charge in [-0.2, -0.15) is 0 Å². The van der Waals surface area contributed by atoms with Crippen molar-refractivity contribution in [2.24, 2.45) is 0 Å². The summed E-state index contributed by atoms with van der Waals surface area (Å²) in [6.45, 7) is 6.46. The van der Waals surface area contributed by atoms with Gasteiger partial charge in [-0.05, 0) is 57.5 Å². The van der Waals surface area contributed by atoms with Gasteiger partial charge in [0.15, 0.2) is 5.82 Å². The van der Waals surface area contributed by atoms with Crippen LogP contribution in [0.5, 0.6) is 0 Å². The maximum absolute atomic E-state index is 5.70. The van der Waals surface area contributed by atoms with Crippen LogP contribution in [0.4, 0.5) is 0 Å². The fraction of sp³-hybridized carbons (Fsp3) is 0.0196. The standard InChI is InChI=1S/C51H33N3S/c1-3-32-15-7-9-19-37(32)44-31(2)55-50-46(44)40-22-12-11-21-39(40)45-41-23-13-14-24-43(41)54(49(45)50)51-47(36-27-25-34(26-28-36)33-16-5-4-6-17-33)52-42-30-29-35-18-8-10-20-38(35)48(42)53-51/h3-30H,1H2,2H3. The summed E-state index contributed by atoms with van der Waals surface area (Å²) in [6.07, 6.45) is 1.97. The molecule has 0 spiro atoms. The monoisotopic (exact) mass is 719 g/mol. The molecule has 0 fully saturated rings. The van der Waals surface area contributed by atoms with Crippen molar-refractivity contribution in [2.75, 3.05) is 0 Å². The minimum atomic E-state index is 0.818. The molecule has 0 aliphatic heterocycles. The predicted molar refractivity (Wildman–Crippen MR) is 235 cm³/mol. The van der Waals surface area contributed by atoms with Gasteiger partial charge in [-0.1, -0.05) is 164 Å². The van der Waals surface area contributed by atoms with Crippen LogP contribution in [0.1, 0.15) is 10.4 Å². The van der Waals surface area contributed by atoms with Crippen molar-refractivity contribution < 1.29 is 0 Å². The Morgan fingerprint density at radius 1 is 0.564 bits per heavy atom. The molecule has 3 aromatic heterocycles. The minimum absolute atomic E-state index is 0.818. The average molecular weight is 720 g/mol. The summed E-state index contributed by atoms with van der Waals surface area (Å²) in [5, 5.41) is 8.39. The number of rotatable bonds is 5. The van der Waals surface area contributed by atoms with Gasteiger partial charge in [-0.15, -0.1) is 11.3 Å². The van der Waals surface area contributed by atoms with Gasteiger partial charge < -0.3 is 0 Å². The zero-order valence-electron chi connectivity index (χ0n) is 30.1. The average Bonchev–Trinajstić information content (AvgIpc) is 3.78. The van der Waals surface area contributed by atoms with E-state index in [-0.39, 0.29) is 0 Å². The molecule has 0 bridgehead atoms. The van der Waals surface area contributed by atoms with E-state index in [0.29, 0.717) is 0 Å². The van der Waals surface area contributed by atoms with E-state index in [1.807, 2.05) is 17.4 Å². The number of aryl methyl sites for hydroxylation is 1. The predicted octanol–water partition coefficient (Wildman–Crippen LogP) is 14.2. The first-order valence-electron chi connectivity index (χ1n) is 18.6. The third kappa shape index (κ3) is 4.75. The Balaban J connectivity index is 1.32. The molecule has 3 heterocycles. The SMILES string of the molecule is C=Cc1ccccc1-c1c(C)sc2c1c1ccccc1c1c3ccccc3n(-c3nc4c(ccc5ccccc54)nc3-c3ccc(-c4ccccc4)cc3)c21. The van der Waals surface area contributed by atoms with Gasteiger partial charge in [0, 0.05) is 37.5 Å². The molecule has 0 N–H and O–H groups in total. The molecule has 0 amide bonds. The fourth-order valence-electron chi connectivity index (χ4n) is 8.64. The molecule has 11 aromatic rings. The molecular formula is C51H33N3S. The number of hydrogen-bond donors (Lipinski definition) is 0. The topological polar surface area (TPSA) is 30.7 Å². The van der Waals surface area contributed by atoms with Crippen molar-refractivity contribution in [3.05, 3.63) is 181 Å². The van der Waals surface area contributed by atoms with Gasteiger partial charge in [-0.25, -0.2) is 9.97 Å². The van der Waals surface area contributed by atoms with E-state index in [1.165, 1.54) is 53.2 Å². The number of thiophene rings is 1. The summed E-state index contributed by atoms with van der Waals surface area (Å²) in [7, 11) is 0. The molecular weight excluding hydrogens is 687 g/mol. The molecule has 55 heavy (non-hydrogen) atoms. The van der Waals surface area contributed by atoms with Gasteiger partial charge >= 0.3 is 0 Å². The molecule has 258 valence electrons. The molecule has 3 nitrogen and oxygen atoms in total. The second-order valence-corrected chi connectivity index (χ2v) is 15.4. The Morgan fingerprint density at radius 3 is 2.00 bits per heavy atom. The van der Waals surface area contributed by atoms with Crippen LogP contribution in [0.2, 0.25) is 0 Å². The maximum atomic E-state index is 5.70. The quantitative estimate of drug-likeness (QED) is 0.166. The van der Waals surface area contributed by atoms with Gasteiger partial charge in [0.2, 0.25) is 0 Å². The molecule has 0 saturated heterocycles. The van der Waals surface area contributed by atoms with Gasteiger partial charge in [-0.3, -0.25) is 4.57 Å². The lowest BCUT2D eigenvalue weighted by Crippen LogP contribution is -2.04. The van der Waals surface area contributed by atoms with E-state index < -0.39 is 0 Å². The summed E-state index contributed by atoms with van der Waals surface area (Å²) in [5.74, 6) is 0.818. The Labute approximate surface area is 322 Å². The Bertz CT molecular complexity index is 3330. The highest BCUT2D eigenvalue weighted by molar-refractivity contribution is 7.21. The van der Waals surface area contributed by atoms with Crippen molar-refractivity contribution in [2.45, 2.75) is 6.92 Å². The Kier molecular flexibility index (Phi) is 7.10. The first kappa shape index (κ1) is 31.6. The van der Waals surface area contributed by atoms with Crippen LogP contribution in [0.25, 0.3) is 110 Å². The molecule has 0 unspecified atom stereocenters. The van der Waals surface area contributed by atoms with E-state index >= 15 is 0 Å². The molecule has 0 radical (unpaired) electrons. The van der Waals surface area contributed by atoms with Gasteiger partial charge in [0.25, 0.3) is 0 Å². The molecule has 0 aliphatic carbocycles. The zero-order chi connectivity index (χ0) is 36.6. The van der Waals surface area contributed by atoms with E-state index in [9.17, 15) is 0 Å². The minimum Gasteiger partial charge on any atom is -0.290 e. The zero-order valence-corrected chi connectivity index (χ0v) is 30.9. The lowest BCUT2D eigenvalue weighted by atomic mass is 9.93. The number of hydrogen-bond acceptors (Lipinski definition) is 3. The smallest absolute Gasteiger partial charge is 0.165 e. The van der Waals surface area contributed by atoms with Crippen LogP contribution in [0, 0.1) is 6.92 Å². The fourth-order valence-corrected chi connectivity index (χ4v) is 9.87. The molecule has 11 rings (SSSR count). The lowest BCUT2D eigenvalue weighted by molar-refractivity contribution is 1.09. The van der Waals surface area contributed by atoms with Crippen LogP contribution < -0.4 is 0 Å². The molecule has 4 heteroatoms. The third-order valence-electron chi connectivity index (χ3n) is 11.1. The second kappa shape index (κ2) is 12.3. The number of benzene rings is 8. The highest BCUT2D eigenvalue weighted by Crippen LogP contribution is 2.50. The van der Waals surface area contributed by atoms with Crippen LogP contribution in [-0.4, -0.2) is 14.5 Å². The van der Waals surface area contributed by atoms with Crippen molar-refractivity contribution in [3.8, 4) is 39.3 Å². The normalized spacial score (nSPS) is 11.8. The van der Waals surface area contributed by atoms with Gasteiger partial charge in [0.1, 0.15) is 5.69 Å². The van der Waals surface area contributed by atoms with E-state index in [0.717, 1.165) is 61.0 Å². The van der Waals surface area contributed by atoms with Crippen LogP contribution in [-0.2, 0) is 0 Å². The summed E-state index contributed by atoms with van der Waals surface area (Å²) < 4.78 is 3.65. The summed E-state index contributed by atoms with van der Waals surface area (Å²) >= 11 is 1.87. The largest absolute Gasteiger partial charge is 0.290 e. The van der Waals surface area contributed by atoms with E-state index in [2.05, 4.69) is 182 Å². The van der Waals surface area contributed by atoms with Crippen LogP contribution in [0.3, 0.4) is 0 Å². The van der Waals surface area contributed by atoms with Crippen molar-refractivity contribution >= 4 is 81.9 Å². The Morgan fingerprint density at radius 2 is 1.20 bits per heavy atom. The molecule has 0 aliphatic rings. The van der Waals surface area contributed by atoms with Crippen LogP contribution >= 0.6 is 11.3 Å². The Hall–Kier alpha value is -6.88. The molecule has 0 saturated carbocycles. The number of fused-ring (bicyclic) bond motifs is 11. The van der Waals surface area contributed by atoms with E-state index in [1.54, 1.807) is 0 Å². The third-order valence-corrected chi connectivity index (χ3v) is 12.2. The van der Waals surface area contributed by atoms with Crippen molar-refractivity contribution in [3.63, 3.8) is 0 Å². The first-order valence-corrected chi connectivity index (χ1v) is 19.4. The van der Waals surface area contributed by atoms with E-state index in [4.69, 9.17) is 9.97 Å². The molecule has 8 aromatic carbocycles.